The van der Waals surface area contributed by atoms with E-state index in [1.165, 1.54) is 6.07 Å². The van der Waals surface area contributed by atoms with Crippen LogP contribution in [0.4, 0.5) is 13.2 Å². The van der Waals surface area contributed by atoms with Gasteiger partial charge >= 0.3 is 6.18 Å². The van der Waals surface area contributed by atoms with E-state index in [0.717, 1.165) is 12.1 Å². The minimum atomic E-state index is -4.57. The highest BCUT2D eigenvalue weighted by atomic mass is 79.9. The van der Waals surface area contributed by atoms with E-state index in [-0.39, 0.29) is 22.6 Å². The molecule has 1 aromatic carbocycles. The number of carbonyl (C=O) groups is 2. The second kappa shape index (κ2) is 6.93. The van der Waals surface area contributed by atoms with Crippen LogP contribution in [-0.4, -0.2) is 24.4 Å². The zero-order valence-corrected chi connectivity index (χ0v) is 12.9. The third-order valence-corrected chi connectivity index (χ3v) is 3.08. The van der Waals surface area contributed by atoms with Crippen molar-refractivity contribution >= 4 is 27.7 Å². The van der Waals surface area contributed by atoms with Crippen molar-refractivity contribution in [3.8, 4) is 0 Å². The highest BCUT2D eigenvalue weighted by molar-refractivity contribution is 9.10. The molecule has 0 aliphatic rings. The van der Waals surface area contributed by atoms with Crippen LogP contribution in [0, 0.1) is 0 Å². The summed E-state index contributed by atoms with van der Waals surface area (Å²) in [4.78, 5) is 23.1. The lowest BCUT2D eigenvalue weighted by Gasteiger charge is -2.12. The zero-order chi connectivity index (χ0) is 16.2. The Hall–Kier alpha value is -1.57. The van der Waals surface area contributed by atoms with E-state index < -0.39 is 23.6 Å². The largest absolute Gasteiger partial charge is 0.417 e. The molecule has 0 aliphatic carbocycles. The van der Waals surface area contributed by atoms with Crippen LogP contribution in [0.2, 0.25) is 0 Å². The van der Waals surface area contributed by atoms with Gasteiger partial charge in [0.25, 0.3) is 5.91 Å². The van der Waals surface area contributed by atoms with E-state index >= 15 is 0 Å². The zero-order valence-electron chi connectivity index (χ0n) is 11.3. The summed E-state index contributed by atoms with van der Waals surface area (Å²) in [5.41, 5.74) is -1.11. The van der Waals surface area contributed by atoms with Crippen molar-refractivity contribution in [3.63, 3.8) is 0 Å². The van der Waals surface area contributed by atoms with Gasteiger partial charge in [0.05, 0.1) is 12.1 Å². The standard InChI is InChI=1S/C13H14BrF3N2O2/c1-7(2)19-11(20)6-18-12(21)8-3-4-10(14)9(5-8)13(15,16)17/h3-5,7H,6H2,1-2H3,(H,18,21)(H,19,20). The molecule has 0 spiro atoms. The van der Waals surface area contributed by atoms with Crippen LogP contribution in [-0.2, 0) is 11.0 Å². The molecule has 0 fully saturated rings. The number of hydrogen-bond acceptors (Lipinski definition) is 2. The van der Waals surface area contributed by atoms with Crippen molar-refractivity contribution in [1.29, 1.82) is 0 Å². The molecule has 0 saturated carbocycles. The first-order valence-electron chi connectivity index (χ1n) is 6.05. The summed E-state index contributed by atoms with van der Waals surface area (Å²) in [5.74, 6) is -1.15. The Kier molecular flexibility index (Phi) is 5.77. The number of amides is 2. The predicted molar refractivity (Wildman–Crippen MR) is 74.8 cm³/mol. The minimum Gasteiger partial charge on any atom is -0.352 e. The molecule has 8 heteroatoms. The lowest BCUT2D eigenvalue weighted by atomic mass is 10.1. The first kappa shape index (κ1) is 17.5. The molecule has 21 heavy (non-hydrogen) atoms. The number of hydrogen-bond donors (Lipinski definition) is 2. The topological polar surface area (TPSA) is 58.2 Å². The quantitative estimate of drug-likeness (QED) is 0.860. The molecular weight excluding hydrogens is 353 g/mol. The first-order valence-corrected chi connectivity index (χ1v) is 6.85. The molecule has 0 unspecified atom stereocenters. The summed E-state index contributed by atoms with van der Waals surface area (Å²) in [7, 11) is 0. The number of carbonyl (C=O) groups excluding carboxylic acids is 2. The normalized spacial score (nSPS) is 11.4. The second-order valence-corrected chi connectivity index (χ2v) is 5.45. The maximum atomic E-state index is 12.7. The van der Waals surface area contributed by atoms with Crippen LogP contribution in [0.15, 0.2) is 22.7 Å². The van der Waals surface area contributed by atoms with Gasteiger partial charge in [-0.1, -0.05) is 15.9 Å². The molecule has 0 bridgehead atoms. The molecule has 116 valence electrons. The summed E-state index contributed by atoms with van der Waals surface area (Å²) < 4.78 is 38.0. The summed E-state index contributed by atoms with van der Waals surface area (Å²) in [6, 6.07) is 3.04. The smallest absolute Gasteiger partial charge is 0.352 e. The molecule has 0 radical (unpaired) electrons. The second-order valence-electron chi connectivity index (χ2n) is 4.60. The number of nitrogens with one attached hydrogen (secondary N) is 2. The summed E-state index contributed by atoms with van der Waals surface area (Å²) in [5, 5.41) is 4.82. The molecule has 2 amide bonds. The highest BCUT2D eigenvalue weighted by Crippen LogP contribution is 2.35. The molecule has 0 atom stereocenters. The fraction of sp³-hybridized carbons (Fsp3) is 0.385. The van der Waals surface area contributed by atoms with Gasteiger partial charge in [-0.3, -0.25) is 9.59 Å². The summed E-state index contributed by atoms with van der Waals surface area (Å²) >= 11 is 2.79. The van der Waals surface area contributed by atoms with Gasteiger partial charge in [0.1, 0.15) is 0 Å². The van der Waals surface area contributed by atoms with Crippen molar-refractivity contribution in [1.82, 2.24) is 10.6 Å². The van der Waals surface area contributed by atoms with E-state index in [1.54, 1.807) is 13.8 Å². The maximum absolute atomic E-state index is 12.7. The molecule has 0 aromatic heterocycles. The lowest BCUT2D eigenvalue weighted by molar-refractivity contribution is -0.138. The Bertz CT molecular complexity index is 545. The van der Waals surface area contributed by atoms with Crippen LogP contribution >= 0.6 is 15.9 Å². The van der Waals surface area contributed by atoms with Crippen LogP contribution < -0.4 is 10.6 Å². The fourth-order valence-electron chi connectivity index (χ4n) is 1.52. The Balaban J connectivity index is 2.78. The lowest BCUT2D eigenvalue weighted by Crippen LogP contribution is -2.39. The molecule has 0 heterocycles. The van der Waals surface area contributed by atoms with Gasteiger partial charge in [0.2, 0.25) is 5.91 Å². The number of rotatable bonds is 4. The van der Waals surface area contributed by atoms with Gasteiger partial charge in [-0.25, -0.2) is 0 Å². The Morgan fingerprint density at radius 2 is 1.90 bits per heavy atom. The third-order valence-electron chi connectivity index (χ3n) is 2.39. The number of alkyl halides is 3. The SMILES string of the molecule is CC(C)NC(=O)CNC(=O)c1ccc(Br)c(C(F)(F)F)c1. The van der Waals surface area contributed by atoms with Crippen LogP contribution in [0.1, 0.15) is 29.8 Å². The van der Waals surface area contributed by atoms with Gasteiger partial charge in [-0.05, 0) is 32.0 Å². The van der Waals surface area contributed by atoms with Gasteiger partial charge in [0, 0.05) is 16.1 Å². The van der Waals surface area contributed by atoms with Crippen molar-refractivity contribution < 1.29 is 22.8 Å². The van der Waals surface area contributed by atoms with Gasteiger partial charge in [-0.15, -0.1) is 0 Å². The van der Waals surface area contributed by atoms with Gasteiger partial charge < -0.3 is 10.6 Å². The monoisotopic (exact) mass is 366 g/mol. The van der Waals surface area contributed by atoms with E-state index in [4.69, 9.17) is 0 Å². The molecule has 1 rings (SSSR count). The molecular formula is C13H14BrF3N2O2. The minimum absolute atomic E-state index is 0.0843. The average Bonchev–Trinajstić information content (AvgIpc) is 2.34. The molecule has 2 N–H and O–H groups in total. The van der Waals surface area contributed by atoms with E-state index in [2.05, 4.69) is 26.6 Å². The Morgan fingerprint density at radius 3 is 2.43 bits per heavy atom. The van der Waals surface area contributed by atoms with E-state index in [1.807, 2.05) is 0 Å². The molecule has 0 aliphatic heterocycles. The average molecular weight is 367 g/mol. The van der Waals surface area contributed by atoms with Gasteiger partial charge in [-0.2, -0.15) is 13.2 Å². The first-order chi connectivity index (χ1) is 9.61. The molecule has 4 nitrogen and oxygen atoms in total. The maximum Gasteiger partial charge on any atom is 0.417 e. The van der Waals surface area contributed by atoms with E-state index in [0.29, 0.717) is 0 Å². The fourth-order valence-corrected chi connectivity index (χ4v) is 1.99. The van der Waals surface area contributed by atoms with Crippen LogP contribution in [0.25, 0.3) is 0 Å². The van der Waals surface area contributed by atoms with Crippen LogP contribution in [0.5, 0.6) is 0 Å². The van der Waals surface area contributed by atoms with E-state index in [9.17, 15) is 22.8 Å². The predicted octanol–water partition coefficient (Wildman–Crippen LogP) is 2.72. The van der Waals surface area contributed by atoms with Crippen molar-refractivity contribution in [2.45, 2.75) is 26.1 Å². The number of benzene rings is 1. The molecule has 0 saturated heterocycles. The van der Waals surface area contributed by atoms with Crippen molar-refractivity contribution in [3.05, 3.63) is 33.8 Å². The summed E-state index contributed by atoms with van der Waals surface area (Å²) in [6.45, 7) is 3.21. The third kappa shape index (κ3) is 5.37. The molecule has 1 aromatic rings. The Labute approximate surface area is 128 Å². The van der Waals surface area contributed by atoms with Crippen molar-refractivity contribution in [2.24, 2.45) is 0 Å². The van der Waals surface area contributed by atoms with Crippen molar-refractivity contribution in [2.75, 3.05) is 6.54 Å². The number of halogens is 4. The Morgan fingerprint density at radius 1 is 1.29 bits per heavy atom. The highest BCUT2D eigenvalue weighted by Gasteiger charge is 2.33. The van der Waals surface area contributed by atoms with Gasteiger partial charge in [0.15, 0.2) is 0 Å². The summed E-state index contributed by atoms with van der Waals surface area (Å²) in [6.07, 6.45) is -4.57. The van der Waals surface area contributed by atoms with Crippen LogP contribution in [0.3, 0.4) is 0 Å².